The minimum Gasteiger partial charge on any atom is -0.378 e. The molecular formula is C18H24N4O. The molecule has 5 heteroatoms. The molecule has 0 atom stereocenters. The molecule has 4 rings (SSSR count). The van der Waals surface area contributed by atoms with Crippen molar-refractivity contribution in [2.24, 2.45) is 0 Å². The van der Waals surface area contributed by atoms with Gasteiger partial charge in [-0.2, -0.15) is 5.10 Å². The summed E-state index contributed by atoms with van der Waals surface area (Å²) >= 11 is 0. The molecule has 2 fully saturated rings. The predicted molar refractivity (Wildman–Crippen MR) is 90.8 cm³/mol. The van der Waals surface area contributed by atoms with E-state index in [0.29, 0.717) is 5.92 Å². The number of aromatic nitrogens is 3. The van der Waals surface area contributed by atoms with E-state index in [9.17, 15) is 0 Å². The number of morpholine rings is 1. The third kappa shape index (κ3) is 3.11. The van der Waals surface area contributed by atoms with Crippen LogP contribution in [-0.2, 0) is 11.3 Å². The standard InChI is InChI=1S/C18H24N4O/c1-2-9-22-18(19-17(20-22)14-3-4-14)15-5-7-16(8-6-15)21-10-12-23-13-11-21/h5-8,14H,2-4,9-13H2,1H3. The second kappa shape index (κ2) is 6.32. The highest BCUT2D eigenvalue weighted by Gasteiger charge is 2.29. The average Bonchev–Trinajstić information content (AvgIpc) is 3.37. The highest BCUT2D eigenvalue weighted by atomic mass is 16.5. The quantitative estimate of drug-likeness (QED) is 0.851. The molecule has 0 unspecified atom stereocenters. The van der Waals surface area contributed by atoms with Gasteiger partial charge in [0.25, 0.3) is 0 Å². The number of rotatable bonds is 5. The Morgan fingerprint density at radius 2 is 1.87 bits per heavy atom. The van der Waals surface area contributed by atoms with E-state index in [1.54, 1.807) is 0 Å². The third-order valence-electron chi connectivity index (χ3n) is 4.57. The molecule has 5 nitrogen and oxygen atoms in total. The topological polar surface area (TPSA) is 43.2 Å². The number of anilines is 1. The van der Waals surface area contributed by atoms with Crippen LogP contribution in [0.3, 0.4) is 0 Å². The SMILES string of the molecule is CCCn1nc(C2CC2)nc1-c1ccc(N2CCOCC2)cc1. The first-order valence-corrected chi connectivity index (χ1v) is 8.73. The summed E-state index contributed by atoms with van der Waals surface area (Å²) in [6.45, 7) is 6.69. The van der Waals surface area contributed by atoms with E-state index < -0.39 is 0 Å². The molecule has 2 aliphatic rings. The fourth-order valence-corrected chi connectivity index (χ4v) is 3.10. The van der Waals surface area contributed by atoms with Gasteiger partial charge in [0.05, 0.1) is 13.2 Å². The molecule has 0 amide bonds. The maximum Gasteiger partial charge on any atom is 0.158 e. The first kappa shape index (κ1) is 14.7. The lowest BCUT2D eigenvalue weighted by Crippen LogP contribution is -2.36. The van der Waals surface area contributed by atoms with E-state index in [1.165, 1.54) is 18.5 Å². The Balaban J connectivity index is 1.59. The largest absolute Gasteiger partial charge is 0.378 e. The Hall–Kier alpha value is -1.88. The van der Waals surface area contributed by atoms with Crippen LogP contribution in [0.2, 0.25) is 0 Å². The molecule has 2 aromatic rings. The van der Waals surface area contributed by atoms with E-state index in [2.05, 4.69) is 40.8 Å². The van der Waals surface area contributed by atoms with Crippen molar-refractivity contribution >= 4 is 5.69 Å². The number of hydrogen-bond acceptors (Lipinski definition) is 4. The predicted octanol–water partition coefficient (Wildman–Crippen LogP) is 3.07. The molecule has 1 saturated carbocycles. The first-order chi connectivity index (χ1) is 11.3. The molecule has 122 valence electrons. The van der Waals surface area contributed by atoms with E-state index >= 15 is 0 Å². The maximum absolute atomic E-state index is 5.42. The summed E-state index contributed by atoms with van der Waals surface area (Å²) in [6.07, 6.45) is 3.56. The zero-order valence-electron chi connectivity index (χ0n) is 13.7. The van der Waals surface area contributed by atoms with Gasteiger partial charge in [0.1, 0.15) is 0 Å². The summed E-state index contributed by atoms with van der Waals surface area (Å²) in [6, 6.07) is 8.75. The third-order valence-corrected chi connectivity index (χ3v) is 4.57. The fourth-order valence-electron chi connectivity index (χ4n) is 3.10. The molecule has 1 aliphatic carbocycles. The minimum absolute atomic E-state index is 0.597. The zero-order chi connectivity index (χ0) is 15.6. The summed E-state index contributed by atoms with van der Waals surface area (Å²) < 4.78 is 7.51. The monoisotopic (exact) mass is 312 g/mol. The van der Waals surface area contributed by atoms with Gasteiger partial charge in [0.15, 0.2) is 11.6 Å². The van der Waals surface area contributed by atoms with Gasteiger partial charge < -0.3 is 9.64 Å². The van der Waals surface area contributed by atoms with Crippen LogP contribution in [0.5, 0.6) is 0 Å². The van der Waals surface area contributed by atoms with Crippen molar-refractivity contribution in [3.05, 3.63) is 30.1 Å². The van der Waals surface area contributed by atoms with Crippen LogP contribution >= 0.6 is 0 Å². The lowest BCUT2D eigenvalue weighted by Gasteiger charge is -2.28. The van der Waals surface area contributed by atoms with Crippen molar-refractivity contribution in [2.45, 2.75) is 38.6 Å². The van der Waals surface area contributed by atoms with Gasteiger partial charge >= 0.3 is 0 Å². The number of ether oxygens (including phenoxy) is 1. The van der Waals surface area contributed by atoms with Crippen molar-refractivity contribution in [1.82, 2.24) is 14.8 Å². The summed E-state index contributed by atoms with van der Waals surface area (Å²) in [5, 5.41) is 4.73. The average molecular weight is 312 g/mol. The van der Waals surface area contributed by atoms with Crippen LogP contribution in [0.25, 0.3) is 11.4 Å². The van der Waals surface area contributed by atoms with Crippen molar-refractivity contribution < 1.29 is 4.74 Å². The van der Waals surface area contributed by atoms with Gasteiger partial charge in [-0.1, -0.05) is 6.92 Å². The van der Waals surface area contributed by atoms with Crippen LogP contribution in [0.15, 0.2) is 24.3 Å². The molecule has 1 aromatic carbocycles. The number of nitrogens with zero attached hydrogens (tertiary/aromatic N) is 4. The Morgan fingerprint density at radius 3 is 2.52 bits per heavy atom. The van der Waals surface area contributed by atoms with Crippen LogP contribution < -0.4 is 4.90 Å². The van der Waals surface area contributed by atoms with Gasteiger partial charge in [0, 0.05) is 36.8 Å². The fraction of sp³-hybridized carbons (Fsp3) is 0.556. The van der Waals surface area contributed by atoms with Gasteiger partial charge in [0.2, 0.25) is 0 Å². The van der Waals surface area contributed by atoms with Gasteiger partial charge in [-0.15, -0.1) is 0 Å². The van der Waals surface area contributed by atoms with E-state index in [0.717, 1.165) is 56.5 Å². The van der Waals surface area contributed by atoms with Crippen LogP contribution in [0.1, 0.15) is 37.9 Å². The van der Waals surface area contributed by atoms with Crippen molar-refractivity contribution in [2.75, 3.05) is 31.2 Å². The molecular weight excluding hydrogens is 288 g/mol. The summed E-state index contributed by atoms with van der Waals surface area (Å²) in [4.78, 5) is 7.20. The Bertz CT molecular complexity index is 654. The van der Waals surface area contributed by atoms with Crippen molar-refractivity contribution in [3.63, 3.8) is 0 Å². The molecule has 0 N–H and O–H groups in total. The van der Waals surface area contributed by atoms with Crippen LogP contribution in [0, 0.1) is 0 Å². The molecule has 0 bridgehead atoms. The second-order valence-electron chi connectivity index (χ2n) is 6.44. The molecule has 23 heavy (non-hydrogen) atoms. The highest BCUT2D eigenvalue weighted by molar-refractivity contribution is 5.61. The lowest BCUT2D eigenvalue weighted by atomic mass is 10.1. The first-order valence-electron chi connectivity index (χ1n) is 8.73. The summed E-state index contributed by atoms with van der Waals surface area (Å²) in [7, 11) is 0. The summed E-state index contributed by atoms with van der Waals surface area (Å²) in [5.41, 5.74) is 2.43. The minimum atomic E-state index is 0.597. The van der Waals surface area contributed by atoms with Crippen LogP contribution in [-0.4, -0.2) is 41.1 Å². The lowest BCUT2D eigenvalue weighted by molar-refractivity contribution is 0.122. The molecule has 2 heterocycles. The molecule has 0 spiro atoms. The van der Waals surface area contributed by atoms with Gasteiger partial charge in [-0.25, -0.2) is 9.67 Å². The second-order valence-corrected chi connectivity index (χ2v) is 6.44. The smallest absolute Gasteiger partial charge is 0.158 e. The van der Waals surface area contributed by atoms with Gasteiger partial charge in [-0.3, -0.25) is 0 Å². The zero-order valence-corrected chi connectivity index (χ0v) is 13.7. The van der Waals surface area contributed by atoms with Gasteiger partial charge in [-0.05, 0) is 43.5 Å². The Kier molecular flexibility index (Phi) is 4.04. The van der Waals surface area contributed by atoms with E-state index in [1.807, 2.05) is 0 Å². The number of aryl methyl sites for hydroxylation is 1. The van der Waals surface area contributed by atoms with E-state index in [-0.39, 0.29) is 0 Å². The number of hydrogen-bond donors (Lipinski definition) is 0. The normalized spacial score (nSPS) is 18.4. The summed E-state index contributed by atoms with van der Waals surface area (Å²) in [5.74, 6) is 2.65. The van der Waals surface area contributed by atoms with Crippen LogP contribution in [0.4, 0.5) is 5.69 Å². The number of benzene rings is 1. The molecule has 1 saturated heterocycles. The molecule has 1 aromatic heterocycles. The Labute approximate surface area is 137 Å². The van der Waals surface area contributed by atoms with Crippen molar-refractivity contribution in [3.8, 4) is 11.4 Å². The highest BCUT2D eigenvalue weighted by Crippen LogP contribution is 2.39. The van der Waals surface area contributed by atoms with Crippen molar-refractivity contribution in [1.29, 1.82) is 0 Å². The Morgan fingerprint density at radius 1 is 1.13 bits per heavy atom. The molecule has 0 radical (unpaired) electrons. The maximum atomic E-state index is 5.42. The van der Waals surface area contributed by atoms with E-state index in [4.69, 9.17) is 14.8 Å². The molecule has 1 aliphatic heterocycles.